The zero-order chi connectivity index (χ0) is 23.3. The Hall–Kier alpha value is -3.46. The molecule has 8 heteroatoms. The third-order valence-electron chi connectivity index (χ3n) is 5.14. The summed E-state index contributed by atoms with van der Waals surface area (Å²) in [5.74, 6) is 0.166. The number of rotatable bonds is 9. The molecule has 0 fully saturated rings. The third kappa shape index (κ3) is 5.31. The fraction of sp³-hybridized carbons (Fsp3) is 0.160. The molecular formula is C25H24N2O5S. The lowest BCUT2D eigenvalue weighted by atomic mass is 10.0. The molecule has 1 amide bonds. The maximum absolute atomic E-state index is 13.2. The third-order valence-corrected chi connectivity index (χ3v) is 6.60. The first-order chi connectivity index (χ1) is 16.0. The second-order valence-electron chi connectivity index (χ2n) is 7.42. The average Bonchev–Trinajstić information content (AvgIpc) is 3.27. The number of fused-ring (bicyclic) bond motifs is 1. The van der Waals surface area contributed by atoms with Gasteiger partial charge in [-0.2, -0.15) is 0 Å². The zero-order valence-corrected chi connectivity index (χ0v) is 18.8. The van der Waals surface area contributed by atoms with E-state index in [-0.39, 0.29) is 23.6 Å². The molecule has 0 spiro atoms. The van der Waals surface area contributed by atoms with Crippen molar-refractivity contribution in [1.82, 2.24) is 10.0 Å². The maximum atomic E-state index is 13.2. The van der Waals surface area contributed by atoms with E-state index in [9.17, 15) is 13.2 Å². The van der Waals surface area contributed by atoms with Crippen molar-refractivity contribution >= 4 is 26.9 Å². The van der Waals surface area contributed by atoms with E-state index in [1.54, 1.807) is 12.1 Å². The number of amides is 1. The Kier molecular flexibility index (Phi) is 6.88. The Balaban J connectivity index is 1.63. The van der Waals surface area contributed by atoms with Crippen LogP contribution in [0.5, 0.6) is 0 Å². The Morgan fingerprint density at radius 2 is 1.73 bits per heavy atom. The highest BCUT2D eigenvalue weighted by atomic mass is 32.2. The summed E-state index contributed by atoms with van der Waals surface area (Å²) in [5.41, 5.74) is 1.79. The first-order valence-corrected chi connectivity index (χ1v) is 11.9. The summed E-state index contributed by atoms with van der Waals surface area (Å²) in [4.78, 5) is 13.2. The van der Waals surface area contributed by atoms with Crippen molar-refractivity contribution in [2.24, 2.45) is 0 Å². The van der Waals surface area contributed by atoms with Crippen LogP contribution in [-0.4, -0.2) is 34.6 Å². The summed E-state index contributed by atoms with van der Waals surface area (Å²) in [6.07, 6.45) is 0. The van der Waals surface area contributed by atoms with Gasteiger partial charge in [0.1, 0.15) is 17.4 Å². The topological polar surface area (TPSA) is 97.6 Å². The van der Waals surface area contributed by atoms with Crippen LogP contribution in [0.2, 0.25) is 0 Å². The van der Waals surface area contributed by atoms with Gasteiger partial charge in [0.2, 0.25) is 10.0 Å². The monoisotopic (exact) mass is 464 g/mol. The molecule has 1 heterocycles. The lowest BCUT2D eigenvalue weighted by Crippen LogP contribution is -2.30. The van der Waals surface area contributed by atoms with Crippen LogP contribution in [-0.2, 0) is 14.8 Å². The van der Waals surface area contributed by atoms with Gasteiger partial charge in [-0.25, -0.2) is 13.1 Å². The van der Waals surface area contributed by atoms with Crippen LogP contribution in [0, 0.1) is 0 Å². The first kappa shape index (κ1) is 22.7. The van der Waals surface area contributed by atoms with Crippen LogP contribution in [0.3, 0.4) is 0 Å². The van der Waals surface area contributed by atoms with Gasteiger partial charge in [-0.1, -0.05) is 54.6 Å². The van der Waals surface area contributed by atoms with Crippen molar-refractivity contribution < 1.29 is 22.4 Å². The molecular weight excluding hydrogens is 440 g/mol. The maximum Gasteiger partial charge on any atom is 0.252 e. The molecule has 1 unspecified atom stereocenters. The first-order valence-electron chi connectivity index (χ1n) is 10.4. The van der Waals surface area contributed by atoms with E-state index in [4.69, 9.17) is 9.15 Å². The van der Waals surface area contributed by atoms with Crippen molar-refractivity contribution in [2.75, 3.05) is 20.3 Å². The van der Waals surface area contributed by atoms with Crippen molar-refractivity contribution in [3.05, 3.63) is 102 Å². The highest BCUT2D eigenvalue weighted by Gasteiger charge is 2.23. The number of methoxy groups -OCH3 is 1. The van der Waals surface area contributed by atoms with Gasteiger partial charge in [-0.05, 0) is 35.9 Å². The smallest absolute Gasteiger partial charge is 0.252 e. The molecule has 1 atom stereocenters. The van der Waals surface area contributed by atoms with Crippen molar-refractivity contribution in [1.29, 1.82) is 0 Å². The number of hydrogen-bond donors (Lipinski definition) is 2. The number of furan rings is 1. The van der Waals surface area contributed by atoms with Gasteiger partial charge in [-0.3, -0.25) is 4.79 Å². The van der Waals surface area contributed by atoms with Gasteiger partial charge in [-0.15, -0.1) is 0 Å². The van der Waals surface area contributed by atoms with Crippen LogP contribution < -0.4 is 10.0 Å². The lowest BCUT2D eigenvalue weighted by Gasteiger charge is -2.17. The lowest BCUT2D eigenvalue weighted by molar-refractivity contribution is 0.0939. The van der Waals surface area contributed by atoms with E-state index >= 15 is 0 Å². The number of para-hydroxylation sites is 1. The van der Waals surface area contributed by atoms with Gasteiger partial charge in [0.15, 0.2) is 0 Å². The molecule has 0 saturated heterocycles. The van der Waals surface area contributed by atoms with Crippen LogP contribution in [0.25, 0.3) is 11.0 Å². The molecule has 0 aliphatic carbocycles. The van der Waals surface area contributed by atoms with Crippen LogP contribution in [0.1, 0.15) is 27.7 Å². The summed E-state index contributed by atoms with van der Waals surface area (Å²) >= 11 is 0. The minimum atomic E-state index is -3.77. The highest BCUT2D eigenvalue weighted by molar-refractivity contribution is 7.89. The van der Waals surface area contributed by atoms with Gasteiger partial charge < -0.3 is 14.5 Å². The van der Waals surface area contributed by atoms with Gasteiger partial charge >= 0.3 is 0 Å². The summed E-state index contributed by atoms with van der Waals surface area (Å²) in [6, 6.07) is 24.3. The Morgan fingerprint density at radius 3 is 2.48 bits per heavy atom. The summed E-state index contributed by atoms with van der Waals surface area (Å²) in [6.45, 7) is 0.382. The number of sulfonamides is 1. The van der Waals surface area contributed by atoms with E-state index in [0.29, 0.717) is 5.76 Å². The van der Waals surface area contributed by atoms with Crippen molar-refractivity contribution in [3.63, 3.8) is 0 Å². The molecule has 0 radical (unpaired) electrons. The predicted octanol–water partition coefficient (Wildman–Crippen LogP) is 3.88. The molecule has 2 N–H and O–H groups in total. The van der Waals surface area contributed by atoms with E-state index < -0.39 is 22.0 Å². The standard InChI is InChI=1S/C25H24N2O5S/c1-31-15-14-26-33(29,30)21-12-7-11-20(16-21)25(28)27-24(18-8-3-2-4-9-18)23-17-19-10-5-6-13-22(19)32-23/h2-13,16-17,24,26H,14-15H2,1H3,(H,27,28). The molecule has 33 heavy (non-hydrogen) atoms. The van der Waals surface area contributed by atoms with Gasteiger partial charge in [0.05, 0.1) is 11.5 Å². The largest absolute Gasteiger partial charge is 0.459 e. The molecule has 3 aromatic carbocycles. The van der Waals surface area contributed by atoms with E-state index in [0.717, 1.165) is 16.5 Å². The minimum absolute atomic E-state index is 0.00579. The average molecular weight is 465 g/mol. The quantitative estimate of drug-likeness (QED) is 0.367. The molecule has 4 rings (SSSR count). The van der Waals surface area contributed by atoms with Crippen LogP contribution in [0.15, 0.2) is 94.2 Å². The second kappa shape index (κ2) is 9.99. The molecule has 0 saturated carbocycles. The van der Waals surface area contributed by atoms with E-state index in [2.05, 4.69) is 10.0 Å². The normalized spacial score (nSPS) is 12.5. The van der Waals surface area contributed by atoms with Crippen LogP contribution >= 0.6 is 0 Å². The van der Waals surface area contributed by atoms with Gasteiger partial charge in [0, 0.05) is 24.6 Å². The predicted molar refractivity (Wildman–Crippen MR) is 125 cm³/mol. The molecule has 0 aliphatic rings. The molecule has 1 aromatic heterocycles. The number of hydrogen-bond acceptors (Lipinski definition) is 5. The zero-order valence-electron chi connectivity index (χ0n) is 18.0. The molecule has 0 aliphatic heterocycles. The Bertz CT molecular complexity index is 1320. The molecule has 4 aromatic rings. The summed E-state index contributed by atoms with van der Waals surface area (Å²) < 4.78 is 38.4. The number of ether oxygens (including phenoxy) is 1. The Morgan fingerprint density at radius 1 is 0.970 bits per heavy atom. The number of benzene rings is 3. The number of carbonyl (C=O) groups excluding carboxylic acids is 1. The fourth-order valence-electron chi connectivity index (χ4n) is 3.49. The SMILES string of the molecule is COCCNS(=O)(=O)c1cccc(C(=O)NC(c2ccccc2)c2cc3ccccc3o2)c1. The number of carbonyl (C=O) groups is 1. The highest BCUT2D eigenvalue weighted by Crippen LogP contribution is 2.28. The van der Waals surface area contributed by atoms with E-state index in [1.807, 2.05) is 60.7 Å². The fourth-order valence-corrected chi connectivity index (χ4v) is 4.55. The molecule has 170 valence electrons. The second-order valence-corrected chi connectivity index (χ2v) is 9.19. The number of nitrogens with one attached hydrogen (secondary N) is 2. The molecule has 0 bridgehead atoms. The van der Waals surface area contributed by atoms with E-state index in [1.165, 1.54) is 19.2 Å². The summed E-state index contributed by atoms with van der Waals surface area (Å²) in [7, 11) is -2.28. The van der Waals surface area contributed by atoms with Crippen molar-refractivity contribution in [2.45, 2.75) is 10.9 Å². The van der Waals surface area contributed by atoms with Crippen LogP contribution in [0.4, 0.5) is 0 Å². The summed E-state index contributed by atoms with van der Waals surface area (Å²) in [5, 5.41) is 3.92. The van der Waals surface area contributed by atoms with Gasteiger partial charge in [0.25, 0.3) is 5.91 Å². The minimum Gasteiger partial charge on any atom is -0.459 e. The Labute approximate surface area is 192 Å². The molecule has 7 nitrogen and oxygen atoms in total. The van der Waals surface area contributed by atoms with Crippen molar-refractivity contribution in [3.8, 4) is 0 Å².